The third-order valence-electron chi connectivity index (χ3n) is 0.940. The molecule has 0 spiro atoms. The molecular weight excluding hydrogens is 309 g/mol. The molecule has 0 amide bonds. The summed E-state index contributed by atoms with van der Waals surface area (Å²) in [5, 5.41) is 0. The van der Waals surface area contributed by atoms with Crippen LogP contribution in [0.3, 0.4) is 0 Å². The van der Waals surface area contributed by atoms with Gasteiger partial charge in [0.2, 0.25) is 0 Å². The maximum absolute atomic E-state index is 3.25. The molecule has 0 heterocycles. The van der Waals surface area contributed by atoms with Crippen LogP contribution >= 0.6 is 27.2 Å². The van der Waals surface area contributed by atoms with Gasteiger partial charge in [-0.3, -0.25) is 0 Å². The maximum atomic E-state index is 3.25. The van der Waals surface area contributed by atoms with Gasteiger partial charge in [0.1, 0.15) is 0 Å². The first-order valence-electron chi connectivity index (χ1n) is 2.95. The quantitative estimate of drug-likeness (QED) is 0.640. The van der Waals surface area contributed by atoms with Gasteiger partial charge in [0, 0.05) is 0 Å². The van der Waals surface area contributed by atoms with Crippen molar-refractivity contribution in [3.05, 3.63) is 35.9 Å². The van der Waals surface area contributed by atoms with E-state index in [0.717, 1.165) is 0 Å². The van der Waals surface area contributed by atoms with Gasteiger partial charge >= 0.3 is 40.5 Å². The first kappa shape index (κ1) is 10.8. The topological polar surface area (TPSA) is 0 Å². The molecule has 0 fully saturated rings. The molecule has 0 saturated heterocycles. The van der Waals surface area contributed by atoms with E-state index >= 15 is 0 Å². The minimum absolute atomic E-state index is 0.250. The van der Waals surface area contributed by atoms with Crippen LogP contribution in [-0.4, -0.2) is 0 Å². The van der Waals surface area contributed by atoms with Crippen molar-refractivity contribution >= 4 is 27.2 Å². The monoisotopic (exact) mass is 314 g/mol. The standard InChI is InChI=1S/C7H8.2BrH.Zn/c1-7-5-3-2-4-6-7;;;/h2-6H,1H3;2*1H;/q;;;+2/p-2. The number of hydrogen-bond acceptors (Lipinski definition) is 0. The number of rotatable bonds is 0. The first-order valence-corrected chi connectivity index (χ1v) is 16.8. The number of halogens is 2. The van der Waals surface area contributed by atoms with E-state index in [-0.39, 0.29) is 13.2 Å². The van der Waals surface area contributed by atoms with Crippen LogP contribution < -0.4 is 0 Å². The summed E-state index contributed by atoms with van der Waals surface area (Å²) in [4.78, 5) is 0. The molecule has 0 N–H and O–H groups in total. The zero-order valence-corrected chi connectivity index (χ0v) is 12.0. The Kier molecular flexibility index (Phi) is 8.54. The van der Waals surface area contributed by atoms with Crippen LogP contribution in [0, 0.1) is 6.92 Å². The first-order chi connectivity index (χ1) is 4.81. The van der Waals surface area contributed by atoms with Crippen LogP contribution in [0.2, 0.25) is 0 Å². The van der Waals surface area contributed by atoms with Gasteiger partial charge in [-0.15, -0.1) is 0 Å². The van der Waals surface area contributed by atoms with Crippen molar-refractivity contribution in [1.82, 2.24) is 0 Å². The van der Waals surface area contributed by atoms with Gasteiger partial charge in [-0.05, 0) is 6.92 Å². The summed E-state index contributed by atoms with van der Waals surface area (Å²) < 4.78 is 0. The Hall–Kier alpha value is 0.803. The van der Waals surface area contributed by atoms with Gasteiger partial charge in [-0.25, -0.2) is 0 Å². The summed E-state index contributed by atoms with van der Waals surface area (Å²) in [5.74, 6) is 0. The molecule has 10 heavy (non-hydrogen) atoms. The summed E-state index contributed by atoms with van der Waals surface area (Å²) in [6.07, 6.45) is 0. The third kappa shape index (κ3) is 6.92. The number of benzene rings is 1. The Labute approximate surface area is 82.7 Å². The predicted molar refractivity (Wildman–Crippen MR) is 49.0 cm³/mol. The predicted octanol–water partition coefficient (Wildman–Crippen LogP) is 3.68. The average Bonchev–Trinajstić information content (AvgIpc) is 1.91. The Morgan fingerprint density at radius 2 is 1.50 bits per heavy atom. The van der Waals surface area contributed by atoms with E-state index in [4.69, 9.17) is 0 Å². The fraction of sp³-hybridized carbons (Fsp3) is 0.143. The Balaban J connectivity index is 0.000000236. The molecular formula is C7H8Br2Zn. The van der Waals surface area contributed by atoms with E-state index in [1.165, 1.54) is 5.56 Å². The van der Waals surface area contributed by atoms with Crippen molar-refractivity contribution in [2.75, 3.05) is 0 Å². The Morgan fingerprint density at radius 3 is 1.70 bits per heavy atom. The van der Waals surface area contributed by atoms with Crippen LogP contribution in [0.25, 0.3) is 0 Å². The van der Waals surface area contributed by atoms with E-state index in [0.29, 0.717) is 0 Å². The summed E-state index contributed by atoms with van der Waals surface area (Å²) >= 11 is 6.25. The SMILES string of the molecule is Cc1ccccc1.[Br][Zn][Br]. The van der Waals surface area contributed by atoms with Crippen LogP contribution in [0.1, 0.15) is 5.56 Å². The van der Waals surface area contributed by atoms with Crippen LogP contribution in [0.15, 0.2) is 30.3 Å². The van der Waals surface area contributed by atoms with Crippen molar-refractivity contribution in [1.29, 1.82) is 0 Å². The summed E-state index contributed by atoms with van der Waals surface area (Å²) in [7, 11) is 0. The van der Waals surface area contributed by atoms with Crippen LogP contribution in [-0.2, 0) is 13.2 Å². The van der Waals surface area contributed by atoms with Gasteiger partial charge in [0.25, 0.3) is 0 Å². The van der Waals surface area contributed by atoms with Gasteiger partial charge in [0.15, 0.2) is 0 Å². The molecule has 1 aromatic rings. The average molecular weight is 317 g/mol. The normalized spacial score (nSPS) is 7.10. The number of aryl methyl sites for hydroxylation is 1. The van der Waals surface area contributed by atoms with E-state index in [1.807, 2.05) is 18.2 Å². The fourth-order valence-electron chi connectivity index (χ4n) is 0.534. The molecule has 0 atom stereocenters. The third-order valence-corrected chi connectivity index (χ3v) is 0.940. The second-order valence-electron chi connectivity index (χ2n) is 1.76. The minimum atomic E-state index is -0.250. The van der Waals surface area contributed by atoms with Crippen molar-refractivity contribution in [3.8, 4) is 0 Å². The summed E-state index contributed by atoms with van der Waals surface area (Å²) in [6.45, 7) is 2.08. The van der Waals surface area contributed by atoms with E-state index in [2.05, 4.69) is 46.3 Å². The van der Waals surface area contributed by atoms with Gasteiger partial charge < -0.3 is 0 Å². The molecule has 0 aliphatic carbocycles. The Bertz CT molecular complexity index is 153. The zero-order chi connectivity index (χ0) is 7.82. The summed E-state index contributed by atoms with van der Waals surface area (Å²) in [5.41, 5.74) is 1.32. The molecule has 1 rings (SSSR count). The molecule has 52 valence electrons. The molecule has 1 aromatic carbocycles. The van der Waals surface area contributed by atoms with E-state index in [1.54, 1.807) is 0 Å². The molecule has 0 aliphatic rings. The molecule has 0 saturated carbocycles. The second kappa shape index (κ2) is 7.91. The molecule has 0 radical (unpaired) electrons. The Morgan fingerprint density at radius 1 is 1.10 bits per heavy atom. The van der Waals surface area contributed by atoms with Gasteiger partial charge in [-0.2, -0.15) is 0 Å². The summed E-state index contributed by atoms with van der Waals surface area (Å²) in [6, 6.07) is 10.3. The van der Waals surface area contributed by atoms with Crippen molar-refractivity contribution in [2.24, 2.45) is 0 Å². The van der Waals surface area contributed by atoms with Gasteiger partial charge in [0.05, 0.1) is 0 Å². The van der Waals surface area contributed by atoms with Crippen molar-refractivity contribution < 1.29 is 13.2 Å². The van der Waals surface area contributed by atoms with Gasteiger partial charge in [-0.1, -0.05) is 35.9 Å². The molecule has 0 aromatic heterocycles. The van der Waals surface area contributed by atoms with E-state index < -0.39 is 0 Å². The zero-order valence-electron chi connectivity index (χ0n) is 5.85. The molecule has 0 bridgehead atoms. The van der Waals surface area contributed by atoms with Crippen molar-refractivity contribution in [3.63, 3.8) is 0 Å². The second-order valence-corrected chi connectivity index (χ2v) is 15.8. The van der Waals surface area contributed by atoms with Crippen molar-refractivity contribution in [2.45, 2.75) is 6.92 Å². The molecule has 0 aliphatic heterocycles. The van der Waals surface area contributed by atoms with Crippen LogP contribution in [0.4, 0.5) is 0 Å². The van der Waals surface area contributed by atoms with E-state index in [9.17, 15) is 0 Å². The molecule has 0 nitrogen and oxygen atoms in total. The van der Waals surface area contributed by atoms with Crippen LogP contribution in [0.5, 0.6) is 0 Å². The molecule has 0 unspecified atom stereocenters. The number of hydrogen-bond donors (Lipinski definition) is 0. The molecule has 3 heteroatoms. The fourth-order valence-corrected chi connectivity index (χ4v) is 0.534.